The molecule has 7 heteroatoms. The molecule has 0 radical (unpaired) electrons. The second-order valence-electron chi connectivity index (χ2n) is 5.67. The first-order valence-electron chi connectivity index (χ1n) is 7.86. The van der Waals surface area contributed by atoms with Crippen LogP contribution in [0.15, 0.2) is 36.4 Å². The van der Waals surface area contributed by atoms with E-state index in [1.165, 1.54) is 0 Å². The maximum absolute atomic E-state index is 11.8. The first kappa shape index (κ1) is 18.0. The van der Waals surface area contributed by atoms with Crippen LogP contribution in [0.3, 0.4) is 0 Å². The number of benzene rings is 1. The molecule has 0 bridgehead atoms. The molecule has 1 aromatic carbocycles. The normalized spacial score (nSPS) is 13.3. The highest BCUT2D eigenvalue weighted by Gasteiger charge is 2.12. The van der Waals surface area contributed by atoms with E-state index in [-0.39, 0.29) is 19.3 Å². The topological polar surface area (TPSA) is 88.4 Å². The molecule has 0 unspecified atom stereocenters. The third-order valence-corrected chi connectivity index (χ3v) is 3.55. The molecule has 0 fully saturated rings. The molecular formula is C17H24N4O3. The van der Waals surface area contributed by atoms with Gasteiger partial charge >= 0.3 is 6.03 Å². The van der Waals surface area contributed by atoms with Gasteiger partial charge in [-0.25, -0.2) is 4.79 Å². The second kappa shape index (κ2) is 8.47. The van der Waals surface area contributed by atoms with Crippen molar-refractivity contribution in [2.24, 2.45) is 7.05 Å². The molecule has 2 aromatic rings. The van der Waals surface area contributed by atoms with E-state index in [1.54, 1.807) is 17.8 Å². The number of urea groups is 1. The molecule has 130 valence electrons. The van der Waals surface area contributed by atoms with Crippen molar-refractivity contribution in [3.8, 4) is 0 Å². The van der Waals surface area contributed by atoms with Crippen molar-refractivity contribution in [3.05, 3.63) is 47.7 Å². The van der Waals surface area contributed by atoms with Gasteiger partial charge in [-0.15, -0.1) is 0 Å². The number of aliphatic hydroxyl groups is 1. The Bertz CT molecular complexity index is 657. The van der Waals surface area contributed by atoms with Crippen LogP contribution in [0.2, 0.25) is 0 Å². The number of anilines is 1. The zero-order valence-electron chi connectivity index (χ0n) is 14.2. The Hall–Kier alpha value is -2.38. The number of hydrogen-bond donors (Lipinski definition) is 3. The number of carbonyl (C=O) groups is 1. The van der Waals surface area contributed by atoms with Gasteiger partial charge in [0, 0.05) is 19.7 Å². The fraction of sp³-hybridized carbons (Fsp3) is 0.412. The molecule has 2 atom stereocenters. The van der Waals surface area contributed by atoms with E-state index in [2.05, 4.69) is 15.7 Å². The number of aromatic nitrogens is 2. The molecule has 0 saturated heterocycles. The predicted octanol–water partition coefficient (Wildman–Crippen LogP) is 1.99. The molecular weight excluding hydrogens is 308 g/mol. The van der Waals surface area contributed by atoms with Crippen molar-refractivity contribution in [2.75, 3.05) is 18.5 Å². The van der Waals surface area contributed by atoms with Crippen LogP contribution in [0.5, 0.6) is 0 Å². The van der Waals surface area contributed by atoms with E-state index >= 15 is 0 Å². The number of nitrogens with zero attached hydrogens (tertiary/aromatic N) is 2. The smallest absolute Gasteiger partial charge is 0.320 e. The predicted molar refractivity (Wildman–Crippen MR) is 91.8 cm³/mol. The minimum atomic E-state index is -0.782. The Morgan fingerprint density at radius 2 is 2.08 bits per heavy atom. The molecule has 0 aliphatic rings. The van der Waals surface area contributed by atoms with Gasteiger partial charge in [0.15, 0.2) is 0 Å². The molecule has 0 aliphatic heterocycles. The van der Waals surface area contributed by atoms with Gasteiger partial charge < -0.3 is 15.2 Å². The summed E-state index contributed by atoms with van der Waals surface area (Å²) in [6.45, 7) is 4.01. The van der Waals surface area contributed by atoms with E-state index in [4.69, 9.17) is 4.74 Å². The van der Waals surface area contributed by atoms with Gasteiger partial charge in [0.05, 0.1) is 24.5 Å². The largest absolute Gasteiger partial charge is 0.389 e. The summed E-state index contributed by atoms with van der Waals surface area (Å²) in [5, 5.41) is 19.4. The lowest BCUT2D eigenvalue weighted by Gasteiger charge is -2.17. The SMILES string of the molecule is Cc1cc(NC(=O)NC[C@@H](O)CO[C@H](C)c2ccccc2)n(C)n1. The Balaban J connectivity index is 1.70. The molecule has 1 heterocycles. The molecule has 2 amide bonds. The highest BCUT2D eigenvalue weighted by molar-refractivity contribution is 5.88. The van der Waals surface area contributed by atoms with E-state index < -0.39 is 12.1 Å². The summed E-state index contributed by atoms with van der Waals surface area (Å²) >= 11 is 0. The standard InChI is InChI=1S/C17H24N4O3/c1-12-9-16(21(3)20-12)19-17(23)18-10-15(22)11-24-13(2)14-7-5-4-6-8-14/h4-9,13,15,22H,10-11H2,1-3H3,(H2,18,19,23)/t13-,15-/m1/s1. The Kier molecular flexibility index (Phi) is 6.34. The summed E-state index contributed by atoms with van der Waals surface area (Å²) in [4.78, 5) is 11.8. The van der Waals surface area contributed by atoms with Crippen molar-refractivity contribution in [2.45, 2.75) is 26.1 Å². The summed E-state index contributed by atoms with van der Waals surface area (Å²) in [5.74, 6) is 0.591. The average Bonchev–Trinajstić information content (AvgIpc) is 2.88. The fourth-order valence-electron chi connectivity index (χ4n) is 2.23. The zero-order valence-corrected chi connectivity index (χ0v) is 14.2. The molecule has 0 saturated carbocycles. The third kappa shape index (κ3) is 5.36. The molecule has 7 nitrogen and oxygen atoms in total. The lowest BCUT2D eigenvalue weighted by molar-refractivity contribution is -0.000954. The van der Waals surface area contributed by atoms with Crippen molar-refractivity contribution in [1.29, 1.82) is 0 Å². The first-order valence-corrected chi connectivity index (χ1v) is 7.86. The number of aliphatic hydroxyl groups excluding tert-OH is 1. The third-order valence-electron chi connectivity index (χ3n) is 3.55. The van der Waals surface area contributed by atoms with Crippen molar-refractivity contribution >= 4 is 11.8 Å². The quantitative estimate of drug-likeness (QED) is 0.723. The van der Waals surface area contributed by atoms with Gasteiger partial charge in [-0.1, -0.05) is 30.3 Å². The van der Waals surface area contributed by atoms with Crippen molar-refractivity contribution < 1.29 is 14.6 Å². The lowest BCUT2D eigenvalue weighted by Crippen LogP contribution is -2.37. The van der Waals surface area contributed by atoms with Gasteiger partial charge in [-0.05, 0) is 19.4 Å². The number of rotatable bonds is 7. The number of hydrogen-bond acceptors (Lipinski definition) is 4. The van der Waals surface area contributed by atoms with Crippen LogP contribution in [0, 0.1) is 6.92 Å². The molecule has 3 N–H and O–H groups in total. The van der Waals surface area contributed by atoms with Crippen LogP contribution < -0.4 is 10.6 Å². The summed E-state index contributed by atoms with van der Waals surface area (Å²) < 4.78 is 7.21. The number of carbonyl (C=O) groups excluding carboxylic acids is 1. The van der Waals surface area contributed by atoms with E-state index in [0.29, 0.717) is 5.82 Å². The van der Waals surface area contributed by atoms with E-state index in [9.17, 15) is 9.90 Å². The minimum absolute atomic E-state index is 0.101. The molecule has 2 rings (SSSR count). The van der Waals surface area contributed by atoms with Crippen LogP contribution in [0.4, 0.5) is 10.6 Å². The maximum Gasteiger partial charge on any atom is 0.320 e. The van der Waals surface area contributed by atoms with Gasteiger partial charge in [-0.2, -0.15) is 5.10 Å². The van der Waals surface area contributed by atoms with E-state index in [0.717, 1.165) is 11.3 Å². The molecule has 24 heavy (non-hydrogen) atoms. The number of ether oxygens (including phenoxy) is 1. The van der Waals surface area contributed by atoms with Crippen LogP contribution in [-0.2, 0) is 11.8 Å². The average molecular weight is 332 g/mol. The van der Waals surface area contributed by atoms with Crippen LogP contribution >= 0.6 is 0 Å². The molecule has 0 aliphatic carbocycles. The highest BCUT2D eigenvalue weighted by Crippen LogP contribution is 2.15. The lowest BCUT2D eigenvalue weighted by atomic mass is 10.1. The number of aryl methyl sites for hydroxylation is 2. The summed E-state index contributed by atoms with van der Waals surface area (Å²) in [6, 6.07) is 11.1. The van der Waals surface area contributed by atoms with E-state index in [1.807, 2.05) is 44.2 Å². The summed E-state index contributed by atoms with van der Waals surface area (Å²) in [7, 11) is 1.75. The van der Waals surface area contributed by atoms with Gasteiger partial charge in [0.2, 0.25) is 0 Å². The van der Waals surface area contributed by atoms with Crippen molar-refractivity contribution in [1.82, 2.24) is 15.1 Å². The summed E-state index contributed by atoms with van der Waals surface area (Å²) in [6.07, 6.45) is -0.901. The fourth-order valence-corrected chi connectivity index (χ4v) is 2.23. The van der Waals surface area contributed by atoms with Crippen LogP contribution in [0.1, 0.15) is 24.3 Å². The Labute approximate surface area is 141 Å². The monoisotopic (exact) mass is 332 g/mol. The molecule has 1 aromatic heterocycles. The highest BCUT2D eigenvalue weighted by atomic mass is 16.5. The second-order valence-corrected chi connectivity index (χ2v) is 5.67. The van der Waals surface area contributed by atoms with Gasteiger partial charge in [-0.3, -0.25) is 10.00 Å². The Morgan fingerprint density at radius 3 is 2.71 bits per heavy atom. The maximum atomic E-state index is 11.8. The van der Waals surface area contributed by atoms with Gasteiger partial charge in [0.1, 0.15) is 5.82 Å². The first-order chi connectivity index (χ1) is 11.5. The minimum Gasteiger partial charge on any atom is -0.389 e. The van der Waals surface area contributed by atoms with Gasteiger partial charge in [0.25, 0.3) is 0 Å². The zero-order chi connectivity index (χ0) is 17.5. The van der Waals surface area contributed by atoms with Crippen LogP contribution in [0.25, 0.3) is 0 Å². The molecule has 0 spiro atoms. The summed E-state index contributed by atoms with van der Waals surface area (Å²) in [5.41, 5.74) is 1.86. The number of nitrogens with one attached hydrogen (secondary N) is 2. The Morgan fingerprint density at radius 1 is 1.38 bits per heavy atom. The number of amides is 2. The van der Waals surface area contributed by atoms with Crippen molar-refractivity contribution in [3.63, 3.8) is 0 Å². The van der Waals surface area contributed by atoms with Crippen LogP contribution in [-0.4, -0.2) is 40.2 Å².